The van der Waals surface area contributed by atoms with Crippen LogP contribution in [0.2, 0.25) is 0 Å². The molecule has 2 rings (SSSR count). The van der Waals surface area contributed by atoms with Crippen molar-refractivity contribution in [2.24, 2.45) is 0 Å². The maximum absolute atomic E-state index is 5.87. The van der Waals surface area contributed by atoms with Crippen LogP contribution in [0.5, 0.6) is 0 Å². The van der Waals surface area contributed by atoms with Gasteiger partial charge in [0.1, 0.15) is 0 Å². The van der Waals surface area contributed by atoms with E-state index < -0.39 is 0 Å². The Morgan fingerprint density at radius 2 is 2.00 bits per heavy atom. The molecule has 5 heteroatoms. The number of alkyl halides is 1. The molecule has 2 heterocycles. The number of hydrogen-bond acceptors (Lipinski definition) is 4. The second-order valence-corrected chi connectivity index (χ2v) is 4.31. The Bertz CT molecular complexity index is 508. The summed E-state index contributed by atoms with van der Waals surface area (Å²) < 4.78 is 5.15. The summed E-state index contributed by atoms with van der Waals surface area (Å²) in [6.45, 7) is 5.66. The summed E-state index contributed by atoms with van der Waals surface area (Å²) in [5.74, 6) is 0.962. The van der Waals surface area contributed by atoms with E-state index in [2.05, 4.69) is 15.1 Å². The number of hydrogen-bond donors (Lipinski definition) is 0. The summed E-state index contributed by atoms with van der Waals surface area (Å²) in [7, 11) is 0. The van der Waals surface area contributed by atoms with Crippen LogP contribution in [-0.4, -0.2) is 15.1 Å². The molecule has 0 aliphatic heterocycles. The second-order valence-electron chi connectivity index (χ2n) is 3.66. The Balaban J connectivity index is 2.42. The first-order valence-electron chi connectivity index (χ1n) is 5.00. The number of rotatable bonds is 2. The van der Waals surface area contributed by atoms with Gasteiger partial charge in [-0.1, -0.05) is 5.16 Å². The Morgan fingerprint density at radius 3 is 2.56 bits per heavy atom. The molecular formula is C11H12ClN3O. The van der Waals surface area contributed by atoms with Crippen molar-refractivity contribution in [3.63, 3.8) is 0 Å². The molecule has 0 aliphatic carbocycles. The highest BCUT2D eigenvalue weighted by Gasteiger charge is 2.14. The molecule has 0 bridgehead atoms. The van der Waals surface area contributed by atoms with E-state index in [1.165, 1.54) is 0 Å². The maximum Gasteiger partial charge on any atom is 0.259 e. The van der Waals surface area contributed by atoms with Gasteiger partial charge < -0.3 is 4.52 Å². The monoisotopic (exact) mass is 237 g/mol. The van der Waals surface area contributed by atoms with Crippen LogP contribution in [0, 0.1) is 13.8 Å². The predicted molar refractivity (Wildman–Crippen MR) is 61.3 cm³/mol. The van der Waals surface area contributed by atoms with Crippen molar-refractivity contribution in [2.75, 3.05) is 0 Å². The minimum Gasteiger partial charge on any atom is -0.334 e. The van der Waals surface area contributed by atoms with Crippen molar-refractivity contribution in [1.82, 2.24) is 15.1 Å². The fourth-order valence-corrected chi connectivity index (χ4v) is 1.51. The second kappa shape index (κ2) is 4.22. The number of aryl methyl sites for hydroxylation is 2. The van der Waals surface area contributed by atoms with Crippen molar-refractivity contribution in [1.29, 1.82) is 0 Å². The topological polar surface area (TPSA) is 51.8 Å². The minimum atomic E-state index is -0.254. The van der Waals surface area contributed by atoms with Gasteiger partial charge in [0.15, 0.2) is 5.82 Å². The van der Waals surface area contributed by atoms with E-state index in [4.69, 9.17) is 16.1 Å². The molecule has 0 saturated carbocycles. The van der Waals surface area contributed by atoms with Gasteiger partial charge in [0.25, 0.3) is 5.89 Å². The Hall–Kier alpha value is -1.42. The first-order chi connectivity index (χ1) is 7.58. The van der Waals surface area contributed by atoms with E-state index >= 15 is 0 Å². The Kier molecular flexibility index (Phi) is 2.92. The molecule has 1 unspecified atom stereocenters. The van der Waals surface area contributed by atoms with Crippen molar-refractivity contribution in [3.05, 3.63) is 29.3 Å². The highest BCUT2D eigenvalue weighted by molar-refractivity contribution is 6.20. The lowest BCUT2D eigenvalue weighted by Gasteiger charge is -2.00. The van der Waals surface area contributed by atoms with Crippen LogP contribution in [0.25, 0.3) is 11.5 Å². The van der Waals surface area contributed by atoms with Crippen LogP contribution in [0.15, 0.2) is 16.7 Å². The first-order valence-corrected chi connectivity index (χ1v) is 5.44. The van der Waals surface area contributed by atoms with E-state index in [1.54, 1.807) is 6.92 Å². The average molecular weight is 238 g/mol. The van der Waals surface area contributed by atoms with Gasteiger partial charge in [-0.25, -0.2) is 0 Å². The molecule has 0 saturated heterocycles. The fourth-order valence-electron chi connectivity index (χ4n) is 1.42. The third-order valence-electron chi connectivity index (χ3n) is 2.25. The SMILES string of the molecule is Cc1ccc(-c2nc(C(C)Cl)no2)c(C)n1. The van der Waals surface area contributed by atoms with E-state index in [0.29, 0.717) is 11.7 Å². The van der Waals surface area contributed by atoms with Crippen LogP contribution in [0.3, 0.4) is 0 Å². The molecule has 0 fully saturated rings. The molecule has 1 atom stereocenters. The smallest absolute Gasteiger partial charge is 0.259 e. The van der Waals surface area contributed by atoms with Crippen molar-refractivity contribution >= 4 is 11.6 Å². The summed E-state index contributed by atoms with van der Waals surface area (Å²) in [6, 6.07) is 3.84. The maximum atomic E-state index is 5.87. The quantitative estimate of drug-likeness (QED) is 0.754. The largest absolute Gasteiger partial charge is 0.334 e. The third kappa shape index (κ3) is 2.07. The van der Waals surface area contributed by atoms with Gasteiger partial charge >= 0.3 is 0 Å². The van der Waals surface area contributed by atoms with Gasteiger partial charge in [0, 0.05) is 5.69 Å². The van der Waals surface area contributed by atoms with Gasteiger partial charge in [0.05, 0.1) is 16.6 Å². The molecule has 0 amide bonds. The summed E-state index contributed by atoms with van der Waals surface area (Å²) in [4.78, 5) is 8.56. The van der Waals surface area contributed by atoms with Crippen LogP contribution in [0.4, 0.5) is 0 Å². The van der Waals surface area contributed by atoms with Crippen LogP contribution in [0.1, 0.15) is 29.5 Å². The van der Waals surface area contributed by atoms with E-state index in [1.807, 2.05) is 26.0 Å². The van der Waals surface area contributed by atoms with E-state index in [0.717, 1.165) is 17.0 Å². The van der Waals surface area contributed by atoms with Crippen LogP contribution in [-0.2, 0) is 0 Å². The zero-order valence-corrected chi connectivity index (χ0v) is 10.1. The van der Waals surface area contributed by atoms with Gasteiger partial charge in [-0.05, 0) is 32.9 Å². The van der Waals surface area contributed by atoms with Crippen molar-refractivity contribution in [2.45, 2.75) is 26.1 Å². The standard InChI is InChI=1S/C11H12ClN3O/c1-6-4-5-9(8(3)13-6)11-14-10(7(2)12)15-16-11/h4-5,7H,1-3H3. The zero-order chi connectivity index (χ0) is 11.7. The average Bonchev–Trinajstić information content (AvgIpc) is 2.66. The van der Waals surface area contributed by atoms with E-state index in [-0.39, 0.29) is 5.38 Å². The first kappa shape index (κ1) is 11.1. The number of nitrogens with zero attached hydrogens (tertiary/aromatic N) is 3. The lowest BCUT2D eigenvalue weighted by molar-refractivity contribution is 0.422. The molecule has 4 nitrogen and oxygen atoms in total. The molecular weight excluding hydrogens is 226 g/mol. The predicted octanol–water partition coefficient (Wildman–Crippen LogP) is 3.05. The van der Waals surface area contributed by atoms with Gasteiger partial charge in [-0.2, -0.15) is 4.98 Å². The molecule has 0 radical (unpaired) electrons. The van der Waals surface area contributed by atoms with Gasteiger partial charge in [-0.3, -0.25) is 4.98 Å². The van der Waals surface area contributed by atoms with E-state index in [9.17, 15) is 0 Å². The highest BCUT2D eigenvalue weighted by atomic mass is 35.5. The molecule has 84 valence electrons. The number of aromatic nitrogens is 3. The summed E-state index contributed by atoms with van der Waals surface area (Å²) >= 11 is 5.87. The lowest BCUT2D eigenvalue weighted by atomic mass is 10.2. The molecule has 0 aliphatic rings. The fraction of sp³-hybridized carbons (Fsp3) is 0.364. The molecule has 0 N–H and O–H groups in total. The molecule has 0 spiro atoms. The van der Waals surface area contributed by atoms with Crippen molar-refractivity contribution < 1.29 is 4.52 Å². The Labute approximate surface area is 98.7 Å². The molecule has 2 aromatic rings. The summed E-state index contributed by atoms with van der Waals surface area (Å²) in [5.41, 5.74) is 2.69. The normalized spacial score (nSPS) is 12.8. The Morgan fingerprint density at radius 1 is 1.25 bits per heavy atom. The molecule has 16 heavy (non-hydrogen) atoms. The van der Waals surface area contributed by atoms with Crippen molar-refractivity contribution in [3.8, 4) is 11.5 Å². The molecule has 0 aromatic carbocycles. The van der Waals surface area contributed by atoms with Gasteiger partial charge in [-0.15, -0.1) is 11.6 Å². The molecule has 2 aromatic heterocycles. The lowest BCUT2D eigenvalue weighted by Crippen LogP contribution is -1.91. The zero-order valence-electron chi connectivity index (χ0n) is 9.36. The number of halogens is 1. The van der Waals surface area contributed by atoms with Crippen LogP contribution >= 0.6 is 11.6 Å². The highest BCUT2D eigenvalue weighted by Crippen LogP contribution is 2.23. The van der Waals surface area contributed by atoms with Crippen LogP contribution < -0.4 is 0 Å². The van der Waals surface area contributed by atoms with Gasteiger partial charge in [0.2, 0.25) is 0 Å². The summed E-state index contributed by atoms with van der Waals surface area (Å²) in [6.07, 6.45) is 0. The number of pyridine rings is 1. The third-order valence-corrected chi connectivity index (χ3v) is 2.45. The summed E-state index contributed by atoms with van der Waals surface area (Å²) in [5, 5.41) is 3.56. The minimum absolute atomic E-state index is 0.254.